The van der Waals surface area contributed by atoms with E-state index in [1.165, 1.54) is 11.8 Å². The second kappa shape index (κ2) is 9.07. The SMILES string of the molecule is COCCNc1nc(SC)nc2c1cnn2CCNC(=O)c1cc(C)oc1C. The minimum absolute atomic E-state index is 0.160. The second-order valence-corrected chi connectivity index (χ2v) is 6.94. The number of thioether (sulfide) groups is 1. The highest BCUT2D eigenvalue weighted by Crippen LogP contribution is 2.23. The number of furan rings is 1. The van der Waals surface area contributed by atoms with Crippen molar-refractivity contribution in [1.82, 2.24) is 25.1 Å². The van der Waals surface area contributed by atoms with Gasteiger partial charge in [-0.1, -0.05) is 11.8 Å². The van der Waals surface area contributed by atoms with Gasteiger partial charge < -0.3 is 19.8 Å². The van der Waals surface area contributed by atoms with Crippen LogP contribution in [0.2, 0.25) is 0 Å². The van der Waals surface area contributed by atoms with Gasteiger partial charge in [-0.15, -0.1) is 0 Å². The minimum Gasteiger partial charge on any atom is -0.466 e. The number of carbonyl (C=O) groups excluding carboxylic acids is 1. The van der Waals surface area contributed by atoms with Gasteiger partial charge in [-0.25, -0.2) is 14.6 Å². The molecule has 1 amide bonds. The predicted molar refractivity (Wildman–Crippen MR) is 108 cm³/mol. The van der Waals surface area contributed by atoms with Gasteiger partial charge in [0.25, 0.3) is 5.91 Å². The first kappa shape index (κ1) is 20.2. The summed E-state index contributed by atoms with van der Waals surface area (Å²) in [6, 6.07) is 1.74. The molecule has 10 heteroatoms. The summed E-state index contributed by atoms with van der Waals surface area (Å²) in [5.74, 6) is 1.90. The van der Waals surface area contributed by atoms with Crippen molar-refractivity contribution in [3.05, 3.63) is 29.3 Å². The molecule has 3 aromatic heterocycles. The molecule has 3 rings (SSSR count). The number of amides is 1. The Morgan fingerprint density at radius 1 is 1.32 bits per heavy atom. The van der Waals surface area contributed by atoms with Crippen molar-refractivity contribution < 1.29 is 13.9 Å². The van der Waals surface area contributed by atoms with Gasteiger partial charge in [-0.3, -0.25) is 4.79 Å². The Labute approximate surface area is 167 Å². The van der Waals surface area contributed by atoms with Crippen molar-refractivity contribution in [1.29, 1.82) is 0 Å². The summed E-state index contributed by atoms with van der Waals surface area (Å²) < 4.78 is 12.3. The average Bonchev–Trinajstić information content (AvgIpc) is 3.24. The molecule has 0 aliphatic rings. The van der Waals surface area contributed by atoms with Crippen LogP contribution >= 0.6 is 11.8 Å². The number of anilines is 1. The predicted octanol–water partition coefficient (Wildman–Crippen LogP) is 2.25. The van der Waals surface area contributed by atoms with Gasteiger partial charge in [0.05, 0.1) is 30.3 Å². The van der Waals surface area contributed by atoms with E-state index < -0.39 is 0 Å². The van der Waals surface area contributed by atoms with Crippen LogP contribution in [0.5, 0.6) is 0 Å². The summed E-state index contributed by atoms with van der Waals surface area (Å²) in [7, 11) is 1.66. The van der Waals surface area contributed by atoms with E-state index in [0.29, 0.717) is 42.7 Å². The number of aryl methyl sites for hydroxylation is 2. The van der Waals surface area contributed by atoms with Gasteiger partial charge in [0.1, 0.15) is 17.3 Å². The van der Waals surface area contributed by atoms with E-state index in [1.807, 2.05) is 13.2 Å². The van der Waals surface area contributed by atoms with Gasteiger partial charge in [-0.05, 0) is 26.2 Å². The maximum absolute atomic E-state index is 12.3. The van der Waals surface area contributed by atoms with Crippen LogP contribution in [-0.4, -0.2) is 58.7 Å². The van der Waals surface area contributed by atoms with Crippen LogP contribution in [0.25, 0.3) is 11.0 Å². The van der Waals surface area contributed by atoms with E-state index in [2.05, 4.69) is 25.7 Å². The molecular formula is C18H24N6O3S. The number of carbonyl (C=O) groups is 1. The second-order valence-electron chi connectivity index (χ2n) is 6.17. The molecule has 0 aliphatic carbocycles. The molecule has 28 heavy (non-hydrogen) atoms. The molecule has 3 aromatic rings. The van der Waals surface area contributed by atoms with Gasteiger partial charge >= 0.3 is 0 Å². The molecule has 2 N–H and O–H groups in total. The third-order valence-corrected chi connectivity index (χ3v) is 4.70. The van der Waals surface area contributed by atoms with Gasteiger partial charge in [-0.2, -0.15) is 5.10 Å². The number of methoxy groups -OCH3 is 1. The molecule has 0 unspecified atom stereocenters. The number of nitrogens with one attached hydrogen (secondary N) is 2. The number of hydrogen-bond donors (Lipinski definition) is 2. The van der Waals surface area contributed by atoms with E-state index in [1.54, 1.807) is 31.0 Å². The molecule has 3 heterocycles. The van der Waals surface area contributed by atoms with Gasteiger partial charge in [0.2, 0.25) is 0 Å². The molecule has 0 saturated carbocycles. The summed E-state index contributed by atoms with van der Waals surface area (Å²) in [6.07, 6.45) is 3.66. The summed E-state index contributed by atoms with van der Waals surface area (Å²) in [5.41, 5.74) is 1.28. The third-order valence-electron chi connectivity index (χ3n) is 4.15. The van der Waals surface area contributed by atoms with Crippen LogP contribution < -0.4 is 10.6 Å². The highest BCUT2D eigenvalue weighted by atomic mass is 32.2. The highest BCUT2D eigenvalue weighted by molar-refractivity contribution is 7.98. The average molecular weight is 404 g/mol. The summed E-state index contributed by atoms with van der Waals surface area (Å²) in [5, 5.41) is 12.1. The summed E-state index contributed by atoms with van der Waals surface area (Å²) >= 11 is 1.46. The first-order valence-electron chi connectivity index (χ1n) is 8.89. The first-order chi connectivity index (χ1) is 13.5. The molecule has 0 atom stereocenters. The Kier molecular flexibility index (Phi) is 6.53. The van der Waals surface area contributed by atoms with Crippen LogP contribution in [0.3, 0.4) is 0 Å². The van der Waals surface area contributed by atoms with Crippen molar-refractivity contribution in [3.63, 3.8) is 0 Å². The third kappa shape index (κ3) is 4.45. The zero-order valence-corrected chi connectivity index (χ0v) is 17.2. The van der Waals surface area contributed by atoms with Gasteiger partial charge in [0, 0.05) is 20.2 Å². The van der Waals surface area contributed by atoms with Crippen molar-refractivity contribution in [3.8, 4) is 0 Å². The first-order valence-corrected chi connectivity index (χ1v) is 10.1. The fourth-order valence-electron chi connectivity index (χ4n) is 2.82. The topological polar surface area (TPSA) is 107 Å². The van der Waals surface area contributed by atoms with E-state index >= 15 is 0 Å². The molecular weight excluding hydrogens is 380 g/mol. The largest absolute Gasteiger partial charge is 0.466 e. The number of rotatable bonds is 9. The molecule has 0 spiro atoms. The monoisotopic (exact) mass is 404 g/mol. The van der Waals surface area contributed by atoms with Crippen LogP contribution in [0.15, 0.2) is 21.8 Å². The molecule has 0 aliphatic heterocycles. The Bertz CT molecular complexity index is 968. The van der Waals surface area contributed by atoms with E-state index in [-0.39, 0.29) is 5.91 Å². The van der Waals surface area contributed by atoms with Crippen LogP contribution in [0.1, 0.15) is 21.9 Å². The Balaban J connectivity index is 1.71. The van der Waals surface area contributed by atoms with Crippen LogP contribution in [0, 0.1) is 13.8 Å². The maximum atomic E-state index is 12.3. The Morgan fingerprint density at radius 2 is 2.14 bits per heavy atom. The molecule has 0 radical (unpaired) electrons. The molecule has 0 aromatic carbocycles. The number of ether oxygens (including phenoxy) is 1. The van der Waals surface area contributed by atoms with Crippen molar-refractivity contribution in [2.45, 2.75) is 25.5 Å². The van der Waals surface area contributed by atoms with Crippen molar-refractivity contribution >= 4 is 34.5 Å². The lowest BCUT2D eigenvalue weighted by Gasteiger charge is -2.09. The lowest BCUT2D eigenvalue weighted by atomic mass is 10.2. The normalized spacial score (nSPS) is 11.1. The molecule has 150 valence electrons. The number of nitrogens with zero attached hydrogens (tertiary/aromatic N) is 4. The lowest BCUT2D eigenvalue weighted by Crippen LogP contribution is -2.27. The van der Waals surface area contributed by atoms with E-state index in [9.17, 15) is 4.79 Å². The standard InChI is InChI=1S/C18H24N6O3S/c1-11-9-13(12(2)27-11)17(25)20-5-7-24-16-14(10-21-24)15(19-6-8-26-3)22-18(23-16)28-4/h9-10H,5-8H2,1-4H3,(H,20,25)(H,19,22,23). The lowest BCUT2D eigenvalue weighted by molar-refractivity contribution is 0.0950. The molecule has 0 fully saturated rings. The summed E-state index contributed by atoms with van der Waals surface area (Å²) in [4.78, 5) is 21.4. The van der Waals surface area contributed by atoms with E-state index in [0.717, 1.165) is 22.6 Å². The Morgan fingerprint density at radius 3 is 2.82 bits per heavy atom. The minimum atomic E-state index is -0.160. The zero-order chi connectivity index (χ0) is 20.1. The fraction of sp³-hybridized carbons (Fsp3) is 0.444. The Hall–Kier alpha value is -2.59. The quantitative estimate of drug-likeness (QED) is 0.318. The molecule has 0 bridgehead atoms. The van der Waals surface area contributed by atoms with Crippen molar-refractivity contribution in [2.75, 3.05) is 38.4 Å². The molecule has 9 nitrogen and oxygen atoms in total. The number of hydrogen-bond acceptors (Lipinski definition) is 8. The fourth-order valence-corrected chi connectivity index (χ4v) is 3.18. The van der Waals surface area contributed by atoms with Crippen LogP contribution in [0.4, 0.5) is 5.82 Å². The van der Waals surface area contributed by atoms with Gasteiger partial charge in [0.15, 0.2) is 10.8 Å². The van der Waals surface area contributed by atoms with Crippen LogP contribution in [-0.2, 0) is 11.3 Å². The smallest absolute Gasteiger partial charge is 0.254 e. The number of aromatic nitrogens is 4. The summed E-state index contributed by atoms with van der Waals surface area (Å²) in [6.45, 7) is 5.73. The number of fused-ring (bicyclic) bond motifs is 1. The van der Waals surface area contributed by atoms with Crippen molar-refractivity contribution in [2.24, 2.45) is 0 Å². The highest BCUT2D eigenvalue weighted by Gasteiger charge is 2.15. The maximum Gasteiger partial charge on any atom is 0.254 e. The van der Waals surface area contributed by atoms with E-state index in [4.69, 9.17) is 9.15 Å². The molecule has 0 saturated heterocycles. The zero-order valence-electron chi connectivity index (χ0n) is 16.4.